The number of rotatable bonds is 3. The molecular formula is C13H15BrO3. The highest BCUT2D eigenvalue weighted by Crippen LogP contribution is 2.46. The van der Waals surface area contributed by atoms with Gasteiger partial charge in [0.05, 0.1) is 17.0 Å². The van der Waals surface area contributed by atoms with E-state index in [2.05, 4.69) is 15.9 Å². The number of halogens is 1. The van der Waals surface area contributed by atoms with Crippen molar-refractivity contribution in [3.8, 4) is 5.75 Å². The summed E-state index contributed by atoms with van der Waals surface area (Å²) in [5.41, 5.74) is 0.0924. The van der Waals surface area contributed by atoms with Crippen LogP contribution < -0.4 is 4.74 Å². The van der Waals surface area contributed by atoms with E-state index in [-0.39, 0.29) is 0 Å². The maximum atomic E-state index is 11.6. The molecule has 1 N–H and O–H groups in total. The number of carbonyl (C=O) groups is 1. The van der Waals surface area contributed by atoms with Crippen LogP contribution in [0.3, 0.4) is 0 Å². The molecule has 1 aromatic carbocycles. The number of carboxylic acids is 1. The first-order valence-electron chi connectivity index (χ1n) is 5.68. The minimum atomic E-state index is -0.743. The Labute approximate surface area is 109 Å². The molecule has 0 saturated heterocycles. The highest BCUT2D eigenvalue weighted by atomic mass is 79.9. The number of methoxy groups -OCH3 is 1. The molecule has 0 amide bonds. The van der Waals surface area contributed by atoms with E-state index in [0.717, 1.165) is 22.9 Å². The highest BCUT2D eigenvalue weighted by molar-refractivity contribution is 9.10. The average Bonchev–Trinajstić information content (AvgIpc) is 2.79. The largest absolute Gasteiger partial charge is 0.496 e. The monoisotopic (exact) mass is 298 g/mol. The summed E-state index contributed by atoms with van der Waals surface area (Å²) in [7, 11) is 1.59. The molecule has 0 aromatic heterocycles. The fourth-order valence-corrected chi connectivity index (χ4v) is 3.42. The van der Waals surface area contributed by atoms with Gasteiger partial charge in [-0.15, -0.1) is 0 Å². The van der Waals surface area contributed by atoms with Crippen LogP contribution in [0.1, 0.15) is 31.2 Å². The standard InChI is InChI=1S/C13H15BrO3/c1-17-10-6-4-5-9(11(10)14)13(12(15)16)7-2-3-8-13/h4-6H,2-3,7-8H2,1H3,(H,15,16). The Balaban J connectivity index is 2.54. The van der Waals surface area contributed by atoms with Crippen LogP contribution in [-0.4, -0.2) is 18.2 Å². The summed E-state index contributed by atoms with van der Waals surface area (Å²) in [5, 5.41) is 9.54. The van der Waals surface area contributed by atoms with Crippen LogP contribution in [-0.2, 0) is 10.2 Å². The van der Waals surface area contributed by atoms with Crippen molar-refractivity contribution in [3.63, 3.8) is 0 Å². The predicted molar refractivity (Wildman–Crippen MR) is 68.5 cm³/mol. The maximum absolute atomic E-state index is 11.6. The third-order valence-corrected chi connectivity index (χ3v) is 4.38. The zero-order valence-electron chi connectivity index (χ0n) is 9.70. The number of benzene rings is 1. The Bertz CT molecular complexity index is 436. The van der Waals surface area contributed by atoms with Gasteiger partial charge in [-0.05, 0) is 40.4 Å². The Morgan fingerprint density at radius 1 is 1.41 bits per heavy atom. The maximum Gasteiger partial charge on any atom is 0.314 e. The summed E-state index contributed by atoms with van der Waals surface area (Å²) in [6.07, 6.45) is 3.34. The number of aliphatic carboxylic acids is 1. The van der Waals surface area contributed by atoms with E-state index in [9.17, 15) is 9.90 Å². The summed E-state index contributed by atoms with van der Waals surface area (Å²) in [6, 6.07) is 5.56. The van der Waals surface area contributed by atoms with Gasteiger partial charge in [0.25, 0.3) is 0 Å². The summed E-state index contributed by atoms with van der Waals surface area (Å²) in [4.78, 5) is 11.6. The predicted octanol–water partition coefficient (Wildman–Crippen LogP) is 3.35. The highest BCUT2D eigenvalue weighted by Gasteiger charge is 2.44. The van der Waals surface area contributed by atoms with Crippen molar-refractivity contribution < 1.29 is 14.6 Å². The molecule has 1 aliphatic rings. The third kappa shape index (κ3) is 1.95. The number of carboxylic acid groups (broad SMARTS) is 1. The van der Waals surface area contributed by atoms with E-state index in [1.54, 1.807) is 7.11 Å². The molecule has 3 nitrogen and oxygen atoms in total. The Morgan fingerprint density at radius 2 is 2.06 bits per heavy atom. The van der Waals surface area contributed by atoms with Gasteiger partial charge in [-0.3, -0.25) is 4.79 Å². The minimum Gasteiger partial charge on any atom is -0.496 e. The Kier molecular flexibility index (Phi) is 3.43. The van der Waals surface area contributed by atoms with E-state index in [0.29, 0.717) is 18.6 Å². The second-order valence-electron chi connectivity index (χ2n) is 4.42. The van der Waals surface area contributed by atoms with E-state index in [4.69, 9.17) is 4.74 Å². The lowest BCUT2D eigenvalue weighted by Gasteiger charge is -2.26. The second kappa shape index (κ2) is 4.69. The van der Waals surface area contributed by atoms with Gasteiger partial charge in [-0.2, -0.15) is 0 Å². The molecule has 0 aliphatic heterocycles. The first-order valence-corrected chi connectivity index (χ1v) is 6.47. The Hall–Kier alpha value is -1.03. The van der Waals surface area contributed by atoms with Gasteiger partial charge < -0.3 is 9.84 Å². The van der Waals surface area contributed by atoms with Crippen molar-refractivity contribution >= 4 is 21.9 Å². The van der Waals surface area contributed by atoms with Crippen LogP contribution in [0, 0.1) is 0 Å². The quantitative estimate of drug-likeness (QED) is 0.931. The fraction of sp³-hybridized carbons (Fsp3) is 0.462. The number of hydrogen-bond acceptors (Lipinski definition) is 2. The van der Waals surface area contributed by atoms with Crippen molar-refractivity contribution in [3.05, 3.63) is 28.2 Å². The fourth-order valence-electron chi connectivity index (χ4n) is 2.61. The van der Waals surface area contributed by atoms with E-state index in [1.807, 2.05) is 18.2 Å². The lowest BCUT2D eigenvalue weighted by Crippen LogP contribution is -2.33. The van der Waals surface area contributed by atoms with Crippen molar-refractivity contribution in [2.24, 2.45) is 0 Å². The molecule has 4 heteroatoms. The SMILES string of the molecule is COc1cccc(C2(C(=O)O)CCCC2)c1Br. The van der Waals surface area contributed by atoms with E-state index in [1.165, 1.54) is 0 Å². The third-order valence-electron chi connectivity index (χ3n) is 3.57. The smallest absolute Gasteiger partial charge is 0.314 e. The van der Waals surface area contributed by atoms with Crippen molar-refractivity contribution in [2.45, 2.75) is 31.1 Å². The molecule has 1 aliphatic carbocycles. The first-order chi connectivity index (χ1) is 8.12. The average molecular weight is 299 g/mol. The van der Waals surface area contributed by atoms with Gasteiger partial charge >= 0.3 is 5.97 Å². The lowest BCUT2D eigenvalue weighted by atomic mass is 9.79. The van der Waals surface area contributed by atoms with Crippen LogP contribution in [0.5, 0.6) is 5.75 Å². The topological polar surface area (TPSA) is 46.5 Å². The zero-order valence-corrected chi connectivity index (χ0v) is 11.3. The molecule has 0 spiro atoms. The van der Waals surface area contributed by atoms with E-state index >= 15 is 0 Å². The van der Waals surface area contributed by atoms with Crippen LogP contribution in [0.25, 0.3) is 0 Å². The number of ether oxygens (including phenoxy) is 1. The molecular weight excluding hydrogens is 284 g/mol. The summed E-state index contributed by atoms with van der Waals surface area (Å²) in [6.45, 7) is 0. The molecule has 1 aromatic rings. The first kappa shape index (κ1) is 12.4. The lowest BCUT2D eigenvalue weighted by molar-refractivity contribution is -0.143. The summed E-state index contributed by atoms with van der Waals surface area (Å²) < 4.78 is 6.00. The van der Waals surface area contributed by atoms with Crippen molar-refractivity contribution in [1.82, 2.24) is 0 Å². The van der Waals surface area contributed by atoms with Gasteiger partial charge in [0.15, 0.2) is 0 Å². The number of hydrogen-bond donors (Lipinski definition) is 1. The summed E-state index contributed by atoms with van der Waals surface area (Å²) in [5.74, 6) is -0.0426. The second-order valence-corrected chi connectivity index (χ2v) is 5.21. The van der Waals surface area contributed by atoms with Gasteiger partial charge in [-0.1, -0.05) is 25.0 Å². The molecule has 0 atom stereocenters. The van der Waals surface area contributed by atoms with Gasteiger partial charge in [0, 0.05) is 0 Å². The molecule has 17 heavy (non-hydrogen) atoms. The Morgan fingerprint density at radius 3 is 2.59 bits per heavy atom. The van der Waals surface area contributed by atoms with Gasteiger partial charge in [0.1, 0.15) is 5.75 Å². The van der Waals surface area contributed by atoms with Crippen molar-refractivity contribution in [2.75, 3.05) is 7.11 Å². The van der Waals surface area contributed by atoms with Crippen LogP contribution >= 0.6 is 15.9 Å². The van der Waals surface area contributed by atoms with Crippen LogP contribution in [0.4, 0.5) is 0 Å². The van der Waals surface area contributed by atoms with Crippen molar-refractivity contribution in [1.29, 1.82) is 0 Å². The van der Waals surface area contributed by atoms with Gasteiger partial charge in [0.2, 0.25) is 0 Å². The molecule has 1 fully saturated rings. The van der Waals surface area contributed by atoms with Crippen LogP contribution in [0.15, 0.2) is 22.7 Å². The molecule has 0 radical (unpaired) electrons. The summed E-state index contributed by atoms with van der Waals surface area (Å²) >= 11 is 3.47. The zero-order chi connectivity index (χ0) is 12.5. The molecule has 0 unspecified atom stereocenters. The van der Waals surface area contributed by atoms with E-state index < -0.39 is 11.4 Å². The normalized spacial score (nSPS) is 18.0. The molecule has 92 valence electrons. The van der Waals surface area contributed by atoms with Gasteiger partial charge in [-0.25, -0.2) is 0 Å². The molecule has 2 rings (SSSR count). The minimum absolute atomic E-state index is 0.690. The molecule has 0 heterocycles. The molecule has 0 bridgehead atoms. The molecule has 1 saturated carbocycles. The van der Waals surface area contributed by atoms with Crippen LogP contribution in [0.2, 0.25) is 0 Å².